The van der Waals surface area contributed by atoms with Crippen LogP contribution in [0.4, 0.5) is 0 Å². The highest BCUT2D eigenvalue weighted by atomic mass is 15.0. The Labute approximate surface area is 100 Å². The average molecular weight is 230 g/mol. The van der Waals surface area contributed by atoms with Crippen molar-refractivity contribution < 1.29 is 0 Å². The smallest absolute Gasteiger partial charge is 0.0546 e. The summed E-state index contributed by atoms with van der Waals surface area (Å²) in [7, 11) is 0. The minimum Gasteiger partial charge on any atom is -0.330 e. The van der Waals surface area contributed by atoms with Crippen molar-refractivity contribution in [2.24, 2.45) is 23.1 Å². The number of hydrogen-bond donors (Lipinski definition) is 4. The summed E-state index contributed by atoms with van der Waals surface area (Å²) < 4.78 is 0. The van der Waals surface area contributed by atoms with E-state index in [0.29, 0.717) is 5.92 Å². The van der Waals surface area contributed by atoms with Crippen LogP contribution in [0.15, 0.2) is 0 Å². The summed E-state index contributed by atoms with van der Waals surface area (Å²) in [6, 6.07) is 0. The minimum atomic E-state index is 0.137. The Morgan fingerprint density at radius 2 is 1.62 bits per heavy atom. The summed E-state index contributed by atoms with van der Waals surface area (Å²) >= 11 is 0. The number of unbranched alkanes of at least 4 members (excludes halogenated alkanes) is 2. The largest absolute Gasteiger partial charge is 0.330 e. The zero-order chi connectivity index (χ0) is 12.2. The van der Waals surface area contributed by atoms with E-state index in [9.17, 15) is 0 Å². The van der Waals surface area contributed by atoms with Gasteiger partial charge in [-0.1, -0.05) is 19.8 Å². The molecule has 0 saturated carbocycles. The molecular formula is C12H30N4. The molecule has 0 heterocycles. The monoisotopic (exact) mass is 230 g/mol. The first kappa shape index (κ1) is 15.8. The summed E-state index contributed by atoms with van der Waals surface area (Å²) in [5.41, 5.74) is 16.9. The third kappa shape index (κ3) is 10.4. The zero-order valence-electron chi connectivity index (χ0n) is 10.8. The van der Waals surface area contributed by atoms with Crippen LogP contribution in [-0.2, 0) is 0 Å². The molecule has 2 unspecified atom stereocenters. The molecule has 16 heavy (non-hydrogen) atoms. The topological polar surface area (TPSA) is 90.1 Å². The van der Waals surface area contributed by atoms with E-state index in [0.717, 1.165) is 38.9 Å². The fourth-order valence-electron chi connectivity index (χ4n) is 1.71. The van der Waals surface area contributed by atoms with Crippen molar-refractivity contribution in [2.45, 2.75) is 51.6 Å². The van der Waals surface area contributed by atoms with Gasteiger partial charge in [-0.05, 0) is 51.2 Å². The second kappa shape index (κ2) is 11.3. The van der Waals surface area contributed by atoms with E-state index in [-0.39, 0.29) is 6.17 Å². The Morgan fingerprint density at radius 3 is 2.25 bits per heavy atom. The first-order valence-electron chi connectivity index (χ1n) is 6.59. The number of nitrogens with two attached hydrogens (primary N) is 3. The Bertz CT molecular complexity index is 141. The maximum atomic E-state index is 5.97. The van der Waals surface area contributed by atoms with Gasteiger partial charge in [-0.25, -0.2) is 0 Å². The molecule has 0 bridgehead atoms. The van der Waals surface area contributed by atoms with Crippen LogP contribution < -0.4 is 22.5 Å². The quantitative estimate of drug-likeness (QED) is 0.311. The molecule has 0 aromatic rings. The second-order valence-corrected chi connectivity index (χ2v) is 4.69. The molecular weight excluding hydrogens is 200 g/mol. The van der Waals surface area contributed by atoms with Crippen molar-refractivity contribution in [3.05, 3.63) is 0 Å². The molecule has 2 atom stereocenters. The molecule has 0 saturated heterocycles. The second-order valence-electron chi connectivity index (χ2n) is 4.69. The SMILES string of the molecule is CC(CCCN)CNC(N)CCCCCN. The Hall–Kier alpha value is -0.160. The van der Waals surface area contributed by atoms with Gasteiger partial charge in [0.1, 0.15) is 0 Å². The fourth-order valence-corrected chi connectivity index (χ4v) is 1.71. The van der Waals surface area contributed by atoms with Crippen molar-refractivity contribution in [3.8, 4) is 0 Å². The molecule has 0 aliphatic heterocycles. The van der Waals surface area contributed by atoms with E-state index in [1.54, 1.807) is 0 Å². The van der Waals surface area contributed by atoms with Crippen LogP contribution in [0, 0.1) is 5.92 Å². The first-order valence-corrected chi connectivity index (χ1v) is 6.59. The van der Waals surface area contributed by atoms with E-state index in [1.807, 2.05) is 0 Å². The molecule has 0 spiro atoms. The summed E-state index contributed by atoms with van der Waals surface area (Å²) in [6.07, 6.45) is 6.94. The maximum Gasteiger partial charge on any atom is 0.0546 e. The highest BCUT2D eigenvalue weighted by Gasteiger charge is 2.05. The van der Waals surface area contributed by atoms with Crippen LogP contribution in [0.1, 0.15) is 45.4 Å². The molecule has 0 aliphatic carbocycles. The molecule has 98 valence electrons. The summed E-state index contributed by atoms with van der Waals surface area (Å²) in [5, 5.41) is 3.37. The van der Waals surface area contributed by atoms with Gasteiger partial charge >= 0.3 is 0 Å². The molecule has 0 fully saturated rings. The third-order valence-corrected chi connectivity index (χ3v) is 2.85. The predicted molar refractivity (Wildman–Crippen MR) is 71.0 cm³/mol. The predicted octanol–water partition coefficient (Wildman–Crippen LogP) is 0.755. The average Bonchev–Trinajstić information content (AvgIpc) is 2.29. The van der Waals surface area contributed by atoms with Gasteiger partial charge in [0, 0.05) is 0 Å². The Balaban J connectivity index is 3.31. The van der Waals surface area contributed by atoms with Crippen LogP contribution in [0.2, 0.25) is 0 Å². The molecule has 4 nitrogen and oxygen atoms in total. The number of nitrogens with one attached hydrogen (secondary N) is 1. The Kier molecular flexibility index (Phi) is 11.2. The molecule has 0 aromatic heterocycles. The lowest BCUT2D eigenvalue weighted by atomic mass is 10.1. The maximum absolute atomic E-state index is 5.97. The Morgan fingerprint density at radius 1 is 0.938 bits per heavy atom. The van der Waals surface area contributed by atoms with Crippen LogP contribution in [0.25, 0.3) is 0 Å². The molecule has 4 heteroatoms. The van der Waals surface area contributed by atoms with E-state index in [2.05, 4.69) is 12.2 Å². The standard InChI is InChI=1S/C12H30N4/c1-11(6-5-9-14)10-16-12(15)7-3-2-4-8-13/h11-12,16H,2-10,13-15H2,1H3. The van der Waals surface area contributed by atoms with Gasteiger partial charge in [0.05, 0.1) is 6.17 Å². The zero-order valence-corrected chi connectivity index (χ0v) is 10.8. The van der Waals surface area contributed by atoms with Crippen LogP contribution >= 0.6 is 0 Å². The van der Waals surface area contributed by atoms with Crippen LogP contribution in [-0.4, -0.2) is 25.8 Å². The highest BCUT2D eigenvalue weighted by molar-refractivity contribution is 4.63. The van der Waals surface area contributed by atoms with Gasteiger partial charge < -0.3 is 22.5 Å². The molecule has 0 radical (unpaired) electrons. The van der Waals surface area contributed by atoms with E-state index in [4.69, 9.17) is 17.2 Å². The molecule has 7 N–H and O–H groups in total. The fraction of sp³-hybridized carbons (Fsp3) is 1.00. The molecule has 0 amide bonds. The summed E-state index contributed by atoms with van der Waals surface area (Å²) in [6.45, 7) is 4.82. The minimum absolute atomic E-state index is 0.137. The van der Waals surface area contributed by atoms with Crippen molar-refractivity contribution in [2.75, 3.05) is 19.6 Å². The lowest BCUT2D eigenvalue weighted by Crippen LogP contribution is -2.39. The number of hydrogen-bond acceptors (Lipinski definition) is 4. The van der Waals surface area contributed by atoms with Crippen LogP contribution in [0.3, 0.4) is 0 Å². The van der Waals surface area contributed by atoms with Gasteiger partial charge in [-0.3, -0.25) is 0 Å². The van der Waals surface area contributed by atoms with Crippen molar-refractivity contribution in [1.82, 2.24) is 5.32 Å². The van der Waals surface area contributed by atoms with Gasteiger partial charge in [0.25, 0.3) is 0 Å². The summed E-state index contributed by atoms with van der Waals surface area (Å²) in [5.74, 6) is 0.665. The molecule has 0 aliphatic rings. The highest BCUT2D eigenvalue weighted by Crippen LogP contribution is 2.04. The van der Waals surface area contributed by atoms with Gasteiger partial charge in [0.2, 0.25) is 0 Å². The van der Waals surface area contributed by atoms with Gasteiger partial charge in [-0.15, -0.1) is 0 Å². The molecule has 0 rings (SSSR count). The van der Waals surface area contributed by atoms with Crippen molar-refractivity contribution in [1.29, 1.82) is 0 Å². The lowest BCUT2D eigenvalue weighted by Gasteiger charge is -2.17. The van der Waals surface area contributed by atoms with Gasteiger partial charge in [0.15, 0.2) is 0 Å². The van der Waals surface area contributed by atoms with E-state index >= 15 is 0 Å². The van der Waals surface area contributed by atoms with Crippen molar-refractivity contribution >= 4 is 0 Å². The summed E-state index contributed by atoms with van der Waals surface area (Å²) in [4.78, 5) is 0. The van der Waals surface area contributed by atoms with E-state index in [1.165, 1.54) is 19.3 Å². The number of rotatable bonds is 11. The van der Waals surface area contributed by atoms with Crippen molar-refractivity contribution in [3.63, 3.8) is 0 Å². The van der Waals surface area contributed by atoms with Gasteiger partial charge in [-0.2, -0.15) is 0 Å². The molecule has 0 aromatic carbocycles. The first-order chi connectivity index (χ1) is 7.70. The lowest BCUT2D eigenvalue weighted by molar-refractivity contribution is 0.404. The van der Waals surface area contributed by atoms with Crippen LogP contribution in [0.5, 0.6) is 0 Å². The third-order valence-electron chi connectivity index (χ3n) is 2.85. The normalized spacial score (nSPS) is 15.0. The van der Waals surface area contributed by atoms with E-state index < -0.39 is 0 Å².